The number of rotatable bonds is 4. The molecule has 0 unspecified atom stereocenters. The molecule has 0 atom stereocenters. The van der Waals surface area contributed by atoms with Crippen LogP contribution in [0.15, 0.2) is 30.5 Å². The quantitative estimate of drug-likeness (QED) is 0.528. The van der Waals surface area contributed by atoms with E-state index < -0.39 is 18.3 Å². The predicted octanol–water partition coefficient (Wildman–Crippen LogP) is 4.94. The van der Waals surface area contributed by atoms with Crippen LogP contribution in [0, 0.1) is 5.41 Å². The third-order valence-electron chi connectivity index (χ3n) is 9.40. The number of pyridine rings is 1. The van der Waals surface area contributed by atoms with Crippen molar-refractivity contribution in [2.75, 3.05) is 6.73 Å². The van der Waals surface area contributed by atoms with E-state index >= 15 is 0 Å². The zero-order valence-corrected chi connectivity index (χ0v) is 21.9. The summed E-state index contributed by atoms with van der Waals surface area (Å²) >= 11 is 0. The molecule has 2 heterocycles. The van der Waals surface area contributed by atoms with Gasteiger partial charge in [0, 0.05) is 17.2 Å². The van der Waals surface area contributed by atoms with E-state index in [1.54, 1.807) is 0 Å². The first-order valence-corrected chi connectivity index (χ1v) is 11.9. The summed E-state index contributed by atoms with van der Waals surface area (Å²) in [6.45, 7) is 22.4. The summed E-state index contributed by atoms with van der Waals surface area (Å²) in [5.74, 6) is 0.638. The molecule has 1 aromatic carbocycles. The molecule has 1 aliphatic carbocycles. The number of hydrogen-bond donors (Lipinski definition) is 1. The average molecular weight is 450 g/mol. The highest BCUT2D eigenvalue weighted by molar-refractivity contribution is 6.62. The number of fused-ring (bicyclic) bond motifs is 1. The van der Waals surface area contributed by atoms with Crippen LogP contribution in [0.25, 0.3) is 11.3 Å². The van der Waals surface area contributed by atoms with Gasteiger partial charge in [0.1, 0.15) is 18.2 Å². The van der Waals surface area contributed by atoms with Crippen molar-refractivity contribution in [3.05, 3.63) is 41.6 Å². The average Bonchev–Trinajstić information content (AvgIpc) is 2.99. The summed E-state index contributed by atoms with van der Waals surface area (Å²) in [5, 5.41) is 0. The van der Waals surface area contributed by atoms with Gasteiger partial charge in [0.25, 0.3) is 0 Å². The van der Waals surface area contributed by atoms with Gasteiger partial charge in [0.2, 0.25) is 0 Å². The van der Waals surface area contributed by atoms with Crippen LogP contribution >= 0.6 is 0 Å². The lowest BCUT2D eigenvalue weighted by atomic mass is 9.59. The monoisotopic (exact) mass is 450 g/mol. The molecule has 2 aromatic rings. The maximum Gasteiger partial charge on any atom is 0.496 e. The molecule has 2 N–H and O–H groups in total. The molecule has 1 aromatic heterocycles. The van der Waals surface area contributed by atoms with E-state index in [1.165, 1.54) is 11.1 Å². The lowest BCUT2D eigenvalue weighted by Crippen LogP contribution is -2.42. The van der Waals surface area contributed by atoms with Crippen LogP contribution in [0.1, 0.15) is 80.4 Å². The first-order valence-electron chi connectivity index (χ1n) is 11.9. The summed E-state index contributed by atoms with van der Waals surface area (Å²) in [7, 11) is -0.503. The zero-order chi connectivity index (χ0) is 24.6. The van der Waals surface area contributed by atoms with Gasteiger partial charge in [-0.15, -0.1) is 0 Å². The van der Waals surface area contributed by atoms with Crippen molar-refractivity contribution in [2.45, 2.75) is 91.3 Å². The fourth-order valence-electron chi connectivity index (χ4n) is 5.19. The van der Waals surface area contributed by atoms with Gasteiger partial charge >= 0.3 is 7.12 Å². The molecule has 0 radical (unpaired) electrons. The van der Waals surface area contributed by atoms with Crippen molar-refractivity contribution in [3.63, 3.8) is 0 Å². The Kier molecular flexibility index (Phi) is 5.37. The van der Waals surface area contributed by atoms with Gasteiger partial charge in [0.15, 0.2) is 0 Å². The Labute approximate surface area is 199 Å². The Morgan fingerprint density at radius 1 is 0.848 bits per heavy atom. The van der Waals surface area contributed by atoms with Crippen molar-refractivity contribution < 1.29 is 14.0 Å². The van der Waals surface area contributed by atoms with E-state index in [4.69, 9.17) is 24.8 Å². The van der Waals surface area contributed by atoms with E-state index in [9.17, 15) is 0 Å². The number of nitrogens with zero attached hydrogens (tertiary/aromatic N) is 1. The molecular formula is C27H39BN2O3. The van der Waals surface area contributed by atoms with Crippen LogP contribution in [0.3, 0.4) is 0 Å². The molecule has 33 heavy (non-hydrogen) atoms. The molecule has 0 bridgehead atoms. The van der Waals surface area contributed by atoms with Crippen molar-refractivity contribution in [2.24, 2.45) is 11.1 Å². The topological polar surface area (TPSA) is 66.6 Å². The van der Waals surface area contributed by atoms with Gasteiger partial charge in [-0.3, -0.25) is 10.7 Å². The standard InChI is InChI=1S/C27H39BN2O3/c1-23(2)19-12-11-17(13-20(19)24(3,4)25(23,5)6)22-21(31-16-29)14-18(15-30-22)28-32-26(7,8)27(9,10)33-28/h11-15H,16,29H2,1-10H3. The van der Waals surface area contributed by atoms with Crippen LogP contribution in [-0.2, 0) is 20.1 Å². The van der Waals surface area contributed by atoms with Crippen LogP contribution in [0.5, 0.6) is 5.75 Å². The number of benzene rings is 1. The minimum atomic E-state index is -0.503. The fourth-order valence-corrected chi connectivity index (χ4v) is 5.19. The highest BCUT2D eigenvalue weighted by Crippen LogP contribution is 2.61. The third-order valence-corrected chi connectivity index (χ3v) is 9.40. The van der Waals surface area contributed by atoms with Gasteiger partial charge in [-0.25, -0.2) is 0 Å². The Hall–Kier alpha value is -1.89. The number of ether oxygens (including phenoxy) is 1. The van der Waals surface area contributed by atoms with E-state index in [1.807, 2.05) is 40.0 Å². The largest absolute Gasteiger partial charge is 0.496 e. The molecule has 1 aliphatic heterocycles. The number of aromatic nitrogens is 1. The molecule has 4 rings (SSSR count). The van der Waals surface area contributed by atoms with Gasteiger partial charge in [0.05, 0.1) is 11.2 Å². The summed E-state index contributed by atoms with van der Waals surface area (Å²) in [5.41, 5.74) is 10.5. The zero-order valence-electron chi connectivity index (χ0n) is 21.9. The SMILES string of the molecule is CC1(C)OB(c2cnc(-c3ccc4c(c3)C(C)(C)C(C)(C)C4(C)C)c(OCN)c2)OC1(C)C. The molecule has 0 spiro atoms. The number of nitrogens with two attached hydrogens (primary N) is 1. The van der Waals surface area contributed by atoms with Crippen molar-refractivity contribution in [3.8, 4) is 17.0 Å². The van der Waals surface area contributed by atoms with Crippen molar-refractivity contribution in [1.82, 2.24) is 4.98 Å². The lowest BCUT2D eigenvalue weighted by Gasteiger charge is -2.44. The highest BCUT2D eigenvalue weighted by atomic mass is 16.7. The summed E-state index contributed by atoms with van der Waals surface area (Å²) in [6.07, 6.45) is 1.83. The highest BCUT2D eigenvalue weighted by Gasteiger charge is 2.57. The van der Waals surface area contributed by atoms with Crippen molar-refractivity contribution in [1.29, 1.82) is 0 Å². The fraction of sp³-hybridized carbons (Fsp3) is 0.593. The Morgan fingerprint density at radius 3 is 2.00 bits per heavy atom. The van der Waals surface area contributed by atoms with E-state index in [0.29, 0.717) is 5.75 Å². The van der Waals surface area contributed by atoms with Gasteiger partial charge < -0.3 is 14.0 Å². The predicted molar refractivity (Wildman–Crippen MR) is 135 cm³/mol. The first kappa shape index (κ1) is 24.2. The maximum atomic E-state index is 6.21. The molecule has 5 nitrogen and oxygen atoms in total. The Morgan fingerprint density at radius 2 is 1.42 bits per heavy atom. The molecule has 0 saturated carbocycles. The second-order valence-electron chi connectivity index (χ2n) is 12.2. The van der Waals surface area contributed by atoms with Crippen LogP contribution in [-0.4, -0.2) is 30.0 Å². The third kappa shape index (κ3) is 3.36. The van der Waals surface area contributed by atoms with E-state index in [0.717, 1.165) is 16.7 Å². The van der Waals surface area contributed by atoms with Gasteiger partial charge in [-0.2, -0.15) is 0 Å². The van der Waals surface area contributed by atoms with Gasteiger partial charge in [-0.1, -0.05) is 53.7 Å². The molecule has 1 saturated heterocycles. The molecular weight excluding hydrogens is 411 g/mol. The van der Waals surface area contributed by atoms with Crippen LogP contribution in [0.4, 0.5) is 0 Å². The summed E-state index contributed by atoms with van der Waals surface area (Å²) in [4.78, 5) is 4.81. The molecule has 1 fully saturated rings. The van der Waals surface area contributed by atoms with E-state index in [-0.39, 0.29) is 23.0 Å². The lowest BCUT2D eigenvalue weighted by molar-refractivity contribution is 0.00578. The maximum absolute atomic E-state index is 6.21. The smallest absolute Gasteiger partial charge is 0.476 e. The first-order chi connectivity index (χ1) is 15.1. The normalized spacial score (nSPS) is 23.4. The molecule has 6 heteroatoms. The van der Waals surface area contributed by atoms with Crippen LogP contribution in [0.2, 0.25) is 0 Å². The minimum absolute atomic E-state index is 0.0133. The second kappa shape index (κ2) is 7.30. The Balaban J connectivity index is 1.77. The molecule has 178 valence electrons. The van der Waals surface area contributed by atoms with Crippen molar-refractivity contribution >= 4 is 12.6 Å². The second-order valence-corrected chi connectivity index (χ2v) is 12.2. The molecule has 2 aliphatic rings. The summed E-state index contributed by atoms with van der Waals surface area (Å²) < 4.78 is 18.3. The molecule has 0 amide bonds. The van der Waals surface area contributed by atoms with Gasteiger partial charge in [-0.05, 0) is 67.2 Å². The van der Waals surface area contributed by atoms with E-state index in [2.05, 4.69) is 59.7 Å². The number of hydrogen-bond acceptors (Lipinski definition) is 5. The summed E-state index contributed by atoms with van der Waals surface area (Å²) in [6, 6.07) is 8.64. The minimum Gasteiger partial charge on any atom is -0.476 e. The van der Waals surface area contributed by atoms with Crippen LogP contribution < -0.4 is 15.9 Å². The Bertz CT molecular complexity index is 1070.